The van der Waals surface area contributed by atoms with Crippen molar-refractivity contribution in [1.29, 1.82) is 0 Å². The van der Waals surface area contributed by atoms with Crippen molar-refractivity contribution in [3.05, 3.63) is 102 Å². The number of ether oxygens (including phenoxy) is 3. The first kappa shape index (κ1) is 22.9. The van der Waals surface area contributed by atoms with Crippen LogP contribution in [0.15, 0.2) is 84.9 Å². The highest BCUT2D eigenvalue weighted by molar-refractivity contribution is 5.81. The molecule has 1 unspecified atom stereocenters. The molecule has 1 amide bonds. The molecule has 1 N–H and O–H groups in total. The summed E-state index contributed by atoms with van der Waals surface area (Å²) in [4.78, 5) is 24.4. The number of carbonyl (C=O) groups excluding carboxylic acids is 2. The summed E-state index contributed by atoms with van der Waals surface area (Å²) >= 11 is 0. The van der Waals surface area contributed by atoms with Crippen LogP contribution in [0.1, 0.15) is 23.6 Å². The maximum atomic E-state index is 12.3. The van der Waals surface area contributed by atoms with Crippen LogP contribution in [0, 0.1) is 0 Å². The average Bonchev–Trinajstić information content (AvgIpc) is 2.83. The van der Waals surface area contributed by atoms with Crippen LogP contribution in [0.4, 0.5) is 4.79 Å². The molecule has 0 radical (unpaired) electrons. The molecule has 0 spiro atoms. The van der Waals surface area contributed by atoms with Gasteiger partial charge in [0.1, 0.15) is 19.0 Å². The van der Waals surface area contributed by atoms with Crippen molar-refractivity contribution in [3.8, 4) is 5.75 Å². The second-order valence-electron chi connectivity index (χ2n) is 7.13. The molecule has 0 aliphatic heterocycles. The Hall–Kier alpha value is -3.80. The molecule has 0 heterocycles. The third kappa shape index (κ3) is 7.47. The number of alkyl carbamates (subject to hydrolysis) is 1. The molecule has 0 saturated carbocycles. The average molecular weight is 434 g/mol. The van der Waals surface area contributed by atoms with Crippen molar-refractivity contribution in [2.75, 3.05) is 13.2 Å². The van der Waals surface area contributed by atoms with Gasteiger partial charge < -0.3 is 19.5 Å². The SMILES string of the molecule is CCOC(=O)C(COc1ccc(Cc2ccccc2)cc1)NC(=O)OCc1ccccc1. The minimum Gasteiger partial charge on any atom is -0.491 e. The fourth-order valence-corrected chi connectivity index (χ4v) is 3.03. The van der Waals surface area contributed by atoms with Crippen molar-refractivity contribution < 1.29 is 23.8 Å². The zero-order chi connectivity index (χ0) is 22.6. The van der Waals surface area contributed by atoms with Gasteiger partial charge >= 0.3 is 12.1 Å². The lowest BCUT2D eigenvalue weighted by molar-refractivity contribution is -0.146. The standard InChI is InChI=1S/C26H27NO5/c1-2-30-25(28)24(27-26(29)32-18-22-11-7-4-8-12-22)19-31-23-15-13-21(14-16-23)17-20-9-5-3-6-10-20/h3-16,24H,2,17-19H2,1H3,(H,27,29). The molecule has 0 bridgehead atoms. The van der Waals surface area contributed by atoms with E-state index in [1.165, 1.54) is 5.56 Å². The molecule has 0 fully saturated rings. The Kier molecular flexibility index (Phi) is 8.69. The predicted octanol–water partition coefficient (Wildman–Crippen LogP) is 4.51. The van der Waals surface area contributed by atoms with Crippen LogP contribution in [0.3, 0.4) is 0 Å². The number of amides is 1. The maximum absolute atomic E-state index is 12.3. The number of rotatable bonds is 10. The molecule has 0 aliphatic carbocycles. The third-order valence-corrected chi connectivity index (χ3v) is 4.67. The maximum Gasteiger partial charge on any atom is 0.408 e. The molecule has 3 aromatic rings. The van der Waals surface area contributed by atoms with Crippen LogP contribution in [-0.2, 0) is 27.3 Å². The van der Waals surface area contributed by atoms with E-state index in [4.69, 9.17) is 14.2 Å². The fraction of sp³-hybridized carbons (Fsp3) is 0.231. The Morgan fingerprint density at radius 3 is 2.00 bits per heavy atom. The van der Waals surface area contributed by atoms with E-state index in [-0.39, 0.29) is 19.8 Å². The summed E-state index contributed by atoms with van der Waals surface area (Å²) in [5, 5.41) is 2.53. The highest BCUT2D eigenvalue weighted by atomic mass is 16.6. The van der Waals surface area contributed by atoms with E-state index in [0.29, 0.717) is 5.75 Å². The molecule has 0 aromatic heterocycles. The molecule has 6 nitrogen and oxygen atoms in total. The van der Waals surface area contributed by atoms with Gasteiger partial charge in [0.05, 0.1) is 6.61 Å². The van der Waals surface area contributed by atoms with Gasteiger partial charge in [0.25, 0.3) is 0 Å². The molecular formula is C26H27NO5. The van der Waals surface area contributed by atoms with Crippen molar-refractivity contribution in [1.82, 2.24) is 5.32 Å². The van der Waals surface area contributed by atoms with Gasteiger partial charge in [-0.1, -0.05) is 72.8 Å². The third-order valence-electron chi connectivity index (χ3n) is 4.67. The van der Waals surface area contributed by atoms with Gasteiger partial charge in [0, 0.05) is 0 Å². The first-order valence-corrected chi connectivity index (χ1v) is 10.5. The summed E-state index contributed by atoms with van der Waals surface area (Å²) in [6.45, 7) is 1.93. The molecular weight excluding hydrogens is 406 g/mol. The second-order valence-corrected chi connectivity index (χ2v) is 7.13. The summed E-state index contributed by atoms with van der Waals surface area (Å²) in [7, 11) is 0. The Labute approximate surface area is 188 Å². The van der Waals surface area contributed by atoms with Gasteiger partial charge in [-0.15, -0.1) is 0 Å². The minimum atomic E-state index is -0.984. The van der Waals surface area contributed by atoms with E-state index in [1.807, 2.05) is 72.8 Å². The number of esters is 1. The fourth-order valence-electron chi connectivity index (χ4n) is 3.03. The lowest BCUT2D eigenvalue weighted by Crippen LogP contribution is -2.46. The molecule has 3 rings (SSSR count). The zero-order valence-electron chi connectivity index (χ0n) is 18.0. The number of hydrogen-bond acceptors (Lipinski definition) is 5. The van der Waals surface area contributed by atoms with Crippen molar-refractivity contribution in [2.45, 2.75) is 26.0 Å². The second kappa shape index (κ2) is 12.2. The van der Waals surface area contributed by atoms with Gasteiger partial charge in [-0.3, -0.25) is 0 Å². The molecule has 0 aliphatic rings. The van der Waals surface area contributed by atoms with Crippen LogP contribution >= 0.6 is 0 Å². The van der Waals surface area contributed by atoms with Crippen LogP contribution in [0.2, 0.25) is 0 Å². The van der Waals surface area contributed by atoms with E-state index in [0.717, 1.165) is 17.5 Å². The molecule has 166 valence electrons. The van der Waals surface area contributed by atoms with Gasteiger partial charge in [-0.25, -0.2) is 9.59 Å². The smallest absolute Gasteiger partial charge is 0.408 e. The van der Waals surface area contributed by atoms with E-state index in [9.17, 15) is 9.59 Å². The summed E-state index contributed by atoms with van der Waals surface area (Å²) in [5.41, 5.74) is 3.22. The summed E-state index contributed by atoms with van der Waals surface area (Å²) < 4.78 is 16.0. The normalized spacial score (nSPS) is 11.3. The minimum absolute atomic E-state index is 0.0721. The lowest BCUT2D eigenvalue weighted by atomic mass is 10.1. The Morgan fingerprint density at radius 2 is 1.38 bits per heavy atom. The van der Waals surface area contributed by atoms with Crippen molar-refractivity contribution in [2.24, 2.45) is 0 Å². The van der Waals surface area contributed by atoms with Crippen molar-refractivity contribution >= 4 is 12.1 Å². The van der Waals surface area contributed by atoms with Crippen LogP contribution in [0.25, 0.3) is 0 Å². The van der Waals surface area contributed by atoms with Crippen molar-refractivity contribution in [3.63, 3.8) is 0 Å². The van der Waals surface area contributed by atoms with E-state index in [2.05, 4.69) is 17.4 Å². The topological polar surface area (TPSA) is 73.9 Å². The highest BCUT2D eigenvalue weighted by Gasteiger charge is 2.24. The largest absolute Gasteiger partial charge is 0.491 e. The molecule has 6 heteroatoms. The molecule has 1 atom stereocenters. The molecule has 0 saturated heterocycles. The van der Waals surface area contributed by atoms with Gasteiger partial charge in [0.15, 0.2) is 6.04 Å². The highest BCUT2D eigenvalue weighted by Crippen LogP contribution is 2.16. The number of carbonyl (C=O) groups is 2. The number of benzene rings is 3. The monoisotopic (exact) mass is 433 g/mol. The number of hydrogen-bond donors (Lipinski definition) is 1. The van der Waals surface area contributed by atoms with Crippen LogP contribution < -0.4 is 10.1 Å². The van der Waals surface area contributed by atoms with Gasteiger partial charge in [0.2, 0.25) is 0 Å². The first-order valence-electron chi connectivity index (χ1n) is 10.5. The summed E-state index contributed by atoms with van der Waals surface area (Å²) in [6, 6.07) is 26.1. The van der Waals surface area contributed by atoms with Gasteiger partial charge in [-0.2, -0.15) is 0 Å². The van der Waals surface area contributed by atoms with Crippen LogP contribution in [-0.4, -0.2) is 31.3 Å². The quantitative estimate of drug-likeness (QED) is 0.476. The van der Waals surface area contributed by atoms with E-state index < -0.39 is 18.1 Å². The Balaban J connectivity index is 1.53. The summed E-state index contributed by atoms with van der Waals surface area (Å²) in [5.74, 6) is 0.0143. The summed E-state index contributed by atoms with van der Waals surface area (Å²) in [6.07, 6.45) is 0.107. The first-order chi connectivity index (χ1) is 15.6. The van der Waals surface area contributed by atoms with Gasteiger partial charge in [-0.05, 0) is 42.2 Å². The van der Waals surface area contributed by atoms with E-state index >= 15 is 0 Å². The van der Waals surface area contributed by atoms with E-state index in [1.54, 1.807) is 6.92 Å². The Bertz CT molecular complexity index is 974. The lowest BCUT2D eigenvalue weighted by Gasteiger charge is -2.18. The Morgan fingerprint density at radius 1 is 0.781 bits per heavy atom. The predicted molar refractivity (Wildman–Crippen MR) is 121 cm³/mol. The van der Waals surface area contributed by atoms with Crippen LogP contribution in [0.5, 0.6) is 5.75 Å². The zero-order valence-corrected chi connectivity index (χ0v) is 18.0. The number of nitrogens with one attached hydrogen (secondary N) is 1. The molecule has 32 heavy (non-hydrogen) atoms. The molecule has 3 aromatic carbocycles.